The molecule has 1 aliphatic rings. The SMILES string of the molecule is CC(C)(C)[C@@H]1CCc2c(sc(NC(=O)CSc3ccccc3)c2C(N)=O)C1. The number of benzene rings is 1. The Morgan fingerprint density at radius 3 is 2.59 bits per heavy atom. The van der Waals surface area contributed by atoms with Gasteiger partial charge in [-0.3, -0.25) is 9.59 Å². The van der Waals surface area contributed by atoms with Crippen molar-refractivity contribution in [2.24, 2.45) is 17.1 Å². The van der Waals surface area contributed by atoms with Gasteiger partial charge in [-0.2, -0.15) is 0 Å². The summed E-state index contributed by atoms with van der Waals surface area (Å²) in [5, 5.41) is 3.54. The second-order valence-electron chi connectivity index (χ2n) is 8.03. The van der Waals surface area contributed by atoms with Crippen LogP contribution in [0, 0.1) is 11.3 Å². The third-order valence-corrected chi connectivity index (χ3v) is 7.28. The third-order valence-electron chi connectivity index (χ3n) is 5.10. The number of fused-ring (bicyclic) bond motifs is 1. The zero-order valence-electron chi connectivity index (χ0n) is 16.0. The molecule has 3 N–H and O–H groups in total. The highest BCUT2D eigenvalue weighted by Crippen LogP contribution is 2.44. The Morgan fingerprint density at radius 2 is 1.96 bits per heavy atom. The molecule has 0 unspecified atom stereocenters. The molecule has 0 saturated carbocycles. The van der Waals surface area contributed by atoms with E-state index in [0.29, 0.717) is 22.2 Å². The third kappa shape index (κ3) is 4.74. The smallest absolute Gasteiger partial charge is 0.251 e. The topological polar surface area (TPSA) is 72.2 Å². The summed E-state index contributed by atoms with van der Waals surface area (Å²) < 4.78 is 0. The van der Waals surface area contributed by atoms with Gasteiger partial charge in [0.25, 0.3) is 5.91 Å². The molecule has 0 radical (unpaired) electrons. The largest absolute Gasteiger partial charge is 0.365 e. The summed E-state index contributed by atoms with van der Waals surface area (Å²) in [5.41, 5.74) is 7.44. The first-order chi connectivity index (χ1) is 12.8. The van der Waals surface area contributed by atoms with Crippen LogP contribution in [0.3, 0.4) is 0 Å². The van der Waals surface area contributed by atoms with Crippen LogP contribution in [-0.2, 0) is 17.6 Å². The van der Waals surface area contributed by atoms with E-state index < -0.39 is 5.91 Å². The van der Waals surface area contributed by atoms with Crippen LogP contribution in [0.5, 0.6) is 0 Å². The number of hydrogen-bond donors (Lipinski definition) is 2. The molecule has 1 aliphatic carbocycles. The second-order valence-corrected chi connectivity index (χ2v) is 10.2. The van der Waals surface area contributed by atoms with E-state index in [1.54, 1.807) is 0 Å². The van der Waals surface area contributed by atoms with E-state index in [2.05, 4.69) is 26.1 Å². The predicted molar refractivity (Wildman–Crippen MR) is 114 cm³/mol. The molecule has 0 spiro atoms. The number of thiophene rings is 1. The van der Waals surface area contributed by atoms with Crippen molar-refractivity contribution in [2.75, 3.05) is 11.1 Å². The van der Waals surface area contributed by atoms with Crippen LogP contribution in [-0.4, -0.2) is 17.6 Å². The quantitative estimate of drug-likeness (QED) is 0.710. The molecule has 4 nitrogen and oxygen atoms in total. The van der Waals surface area contributed by atoms with Crippen LogP contribution < -0.4 is 11.1 Å². The van der Waals surface area contributed by atoms with Crippen molar-refractivity contribution in [1.29, 1.82) is 0 Å². The molecular weight excluding hydrogens is 376 g/mol. The Hall–Kier alpha value is -1.79. The van der Waals surface area contributed by atoms with Crippen molar-refractivity contribution >= 4 is 39.9 Å². The van der Waals surface area contributed by atoms with Gasteiger partial charge in [-0.05, 0) is 48.3 Å². The molecule has 1 aromatic heterocycles. The highest BCUT2D eigenvalue weighted by Gasteiger charge is 2.33. The first kappa shape index (κ1) is 20.0. The normalized spacial score (nSPS) is 16.6. The zero-order valence-corrected chi connectivity index (χ0v) is 17.6. The number of hydrogen-bond acceptors (Lipinski definition) is 4. The number of anilines is 1. The van der Waals surface area contributed by atoms with Gasteiger partial charge >= 0.3 is 0 Å². The Balaban J connectivity index is 1.75. The average Bonchev–Trinajstić information content (AvgIpc) is 2.97. The van der Waals surface area contributed by atoms with E-state index >= 15 is 0 Å². The summed E-state index contributed by atoms with van der Waals surface area (Å²) in [6, 6.07) is 9.80. The zero-order chi connectivity index (χ0) is 19.6. The molecule has 1 aromatic carbocycles. The molecule has 6 heteroatoms. The van der Waals surface area contributed by atoms with E-state index in [4.69, 9.17) is 5.73 Å². The average molecular weight is 403 g/mol. The van der Waals surface area contributed by atoms with E-state index in [1.807, 2.05) is 30.3 Å². The van der Waals surface area contributed by atoms with Gasteiger partial charge in [0.2, 0.25) is 5.91 Å². The lowest BCUT2D eigenvalue weighted by molar-refractivity contribution is -0.113. The van der Waals surface area contributed by atoms with Crippen molar-refractivity contribution in [1.82, 2.24) is 0 Å². The molecule has 1 atom stereocenters. The number of nitrogens with two attached hydrogens (primary N) is 1. The first-order valence-corrected chi connectivity index (χ1v) is 11.0. The molecular formula is C21H26N2O2S2. The van der Waals surface area contributed by atoms with E-state index in [0.717, 1.165) is 29.7 Å². The fourth-order valence-corrected chi connectivity index (χ4v) is 5.57. The van der Waals surface area contributed by atoms with Gasteiger partial charge in [0, 0.05) is 9.77 Å². The highest BCUT2D eigenvalue weighted by atomic mass is 32.2. The summed E-state index contributed by atoms with van der Waals surface area (Å²) in [6.07, 6.45) is 2.84. The van der Waals surface area contributed by atoms with Gasteiger partial charge < -0.3 is 11.1 Å². The standard InChI is InChI=1S/C21H26N2O2S2/c1-21(2,3)13-9-10-15-16(11-13)27-20(18(15)19(22)25)23-17(24)12-26-14-7-5-4-6-8-14/h4-8,13H,9-12H2,1-3H3,(H2,22,25)(H,23,24)/t13-/m1/s1. The van der Waals surface area contributed by atoms with Crippen LogP contribution in [0.2, 0.25) is 0 Å². The Morgan fingerprint density at radius 1 is 1.26 bits per heavy atom. The minimum atomic E-state index is -0.451. The van der Waals surface area contributed by atoms with E-state index in [1.165, 1.54) is 28.0 Å². The molecule has 2 aromatic rings. The molecule has 3 rings (SSSR count). The monoisotopic (exact) mass is 402 g/mol. The van der Waals surface area contributed by atoms with Gasteiger partial charge in [-0.15, -0.1) is 23.1 Å². The minimum absolute atomic E-state index is 0.114. The second kappa shape index (κ2) is 8.07. The van der Waals surface area contributed by atoms with Crippen LogP contribution in [0.4, 0.5) is 5.00 Å². The lowest BCUT2D eigenvalue weighted by atomic mass is 9.72. The predicted octanol–water partition coefficient (Wildman–Crippen LogP) is 4.73. The van der Waals surface area contributed by atoms with Crippen LogP contribution in [0.25, 0.3) is 0 Å². The molecule has 0 bridgehead atoms. The van der Waals surface area contributed by atoms with Gasteiger partial charge in [-0.1, -0.05) is 39.0 Å². The van der Waals surface area contributed by atoms with Crippen LogP contribution in [0.15, 0.2) is 35.2 Å². The fourth-order valence-electron chi connectivity index (χ4n) is 3.50. The number of carbonyl (C=O) groups is 2. The fraction of sp³-hybridized carbons (Fsp3) is 0.429. The number of amides is 2. The molecule has 0 saturated heterocycles. The maximum Gasteiger partial charge on any atom is 0.251 e. The Kier molecular flexibility index (Phi) is 5.96. The maximum absolute atomic E-state index is 12.4. The van der Waals surface area contributed by atoms with E-state index in [9.17, 15) is 9.59 Å². The summed E-state index contributed by atoms with van der Waals surface area (Å²) in [4.78, 5) is 26.7. The molecule has 144 valence electrons. The minimum Gasteiger partial charge on any atom is -0.365 e. The Bertz CT molecular complexity index is 838. The highest BCUT2D eigenvalue weighted by molar-refractivity contribution is 8.00. The van der Waals surface area contributed by atoms with Gasteiger partial charge in [0.1, 0.15) is 5.00 Å². The summed E-state index contributed by atoms with van der Waals surface area (Å²) >= 11 is 3.00. The number of nitrogens with one attached hydrogen (secondary N) is 1. The van der Waals surface area contributed by atoms with Crippen molar-refractivity contribution in [3.05, 3.63) is 46.3 Å². The number of carbonyl (C=O) groups excluding carboxylic acids is 2. The maximum atomic E-state index is 12.4. The van der Waals surface area contributed by atoms with Crippen molar-refractivity contribution in [2.45, 2.75) is 44.9 Å². The van der Waals surface area contributed by atoms with E-state index in [-0.39, 0.29) is 11.3 Å². The molecule has 2 amide bonds. The lowest BCUT2D eigenvalue weighted by Gasteiger charge is -2.33. The molecule has 0 fully saturated rings. The van der Waals surface area contributed by atoms with Crippen molar-refractivity contribution < 1.29 is 9.59 Å². The number of primary amides is 1. The van der Waals surface area contributed by atoms with Gasteiger partial charge in [-0.25, -0.2) is 0 Å². The molecule has 0 aliphatic heterocycles. The summed E-state index contributed by atoms with van der Waals surface area (Å²) in [5.74, 6) is 0.307. The first-order valence-electron chi connectivity index (χ1n) is 9.17. The van der Waals surface area contributed by atoms with Crippen LogP contribution >= 0.6 is 23.1 Å². The van der Waals surface area contributed by atoms with Crippen molar-refractivity contribution in [3.63, 3.8) is 0 Å². The van der Waals surface area contributed by atoms with Gasteiger partial charge in [0.05, 0.1) is 11.3 Å². The Labute approximate surface area is 168 Å². The molecule has 1 heterocycles. The van der Waals surface area contributed by atoms with Crippen molar-refractivity contribution in [3.8, 4) is 0 Å². The van der Waals surface area contributed by atoms with Gasteiger partial charge in [0.15, 0.2) is 0 Å². The summed E-state index contributed by atoms with van der Waals surface area (Å²) in [7, 11) is 0. The number of rotatable bonds is 5. The lowest BCUT2D eigenvalue weighted by Crippen LogP contribution is -2.27. The number of thioether (sulfide) groups is 1. The summed E-state index contributed by atoms with van der Waals surface area (Å²) in [6.45, 7) is 6.78. The molecule has 27 heavy (non-hydrogen) atoms. The van der Waals surface area contributed by atoms with Crippen LogP contribution in [0.1, 0.15) is 48.0 Å².